The molecule has 4 aromatic rings. The van der Waals surface area contributed by atoms with Crippen LogP contribution in [0.15, 0.2) is 67.1 Å². The Balaban J connectivity index is 1.33. The number of carbonyl (C=O) groups is 1. The predicted octanol–water partition coefficient (Wildman–Crippen LogP) is 5.84. The summed E-state index contributed by atoms with van der Waals surface area (Å²) in [5, 5.41) is 6.95. The second-order valence-corrected chi connectivity index (χ2v) is 9.97. The van der Waals surface area contributed by atoms with Gasteiger partial charge < -0.3 is 25.7 Å². The summed E-state index contributed by atoms with van der Waals surface area (Å²) in [4.78, 5) is 21.1. The molecule has 2 aromatic carbocycles. The topological polar surface area (TPSA) is 107 Å². The lowest BCUT2D eigenvalue weighted by Crippen LogP contribution is -2.44. The first-order valence-electron chi connectivity index (χ1n) is 13.5. The first kappa shape index (κ1) is 25.6. The molecule has 38 heavy (non-hydrogen) atoms. The van der Waals surface area contributed by atoms with Gasteiger partial charge in [-0.3, -0.25) is 0 Å². The third-order valence-corrected chi connectivity index (χ3v) is 7.27. The highest BCUT2D eigenvalue weighted by Gasteiger charge is 2.26. The van der Waals surface area contributed by atoms with Crippen molar-refractivity contribution in [3.63, 3.8) is 0 Å². The number of hydrogen-bond donors (Lipinski definition) is 3. The van der Waals surface area contributed by atoms with Crippen LogP contribution in [-0.4, -0.2) is 33.2 Å². The zero-order valence-corrected chi connectivity index (χ0v) is 21.9. The molecule has 2 heterocycles. The molecule has 0 aliphatic heterocycles. The third kappa shape index (κ3) is 5.90. The minimum atomic E-state index is -0.0644. The quantitative estimate of drug-likeness (QED) is 0.244. The number of nitrogen functional groups attached to an aromatic ring is 1. The van der Waals surface area contributed by atoms with Crippen LogP contribution in [0.2, 0.25) is 0 Å². The Morgan fingerprint density at radius 1 is 1.08 bits per heavy atom. The van der Waals surface area contributed by atoms with E-state index < -0.39 is 0 Å². The number of carbonyl (C=O) groups excluding carboxylic acids is 1. The number of rotatable bonds is 9. The molecule has 0 saturated heterocycles. The van der Waals surface area contributed by atoms with E-state index in [9.17, 15) is 4.79 Å². The number of amides is 2. The maximum Gasteiger partial charge on any atom is 0.315 e. The largest absolute Gasteiger partial charge is 0.489 e. The Morgan fingerprint density at radius 3 is 2.68 bits per heavy atom. The lowest BCUT2D eigenvalue weighted by Gasteiger charge is -2.30. The van der Waals surface area contributed by atoms with Crippen molar-refractivity contribution >= 4 is 22.9 Å². The number of nitrogens with zero attached hydrogens (tertiary/aromatic N) is 3. The summed E-state index contributed by atoms with van der Waals surface area (Å²) in [7, 11) is 0. The van der Waals surface area contributed by atoms with E-state index in [-0.39, 0.29) is 18.1 Å². The van der Waals surface area contributed by atoms with Crippen LogP contribution in [0.4, 0.5) is 10.6 Å². The molecule has 1 saturated carbocycles. The predicted molar refractivity (Wildman–Crippen MR) is 151 cm³/mol. The van der Waals surface area contributed by atoms with Gasteiger partial charge in [0.1, 0.15) is 30.1 Å². The summed E-state index contributed by atoms with van der Waals surface area (Å²) < 4.78 is 8.33. The van der Waals surface area contributed by atoms with E-state index in [1.165, 1.54) is 6.33 Å². The van der Waals surface area contributed by atoms with Gasteiger partial charge in [0.2, 0.25) is 0 Å². The van der Waals surface area contributed by atoms with Gasteiger partial charge in [-0.15, -0.1) is 0 Å². The van der Waals surface area contributed by atoms with Crippen molar-refractivity contribution in [3.05, 3.63) is 72.7 Å². The highest BCUT2D eigenvalue weighted by atomic mass is 16.5. The normalized spacial score (nSPS) is 17.3. The number of nitrogens with two attached hydrogens (primary N) is 1. The van der Waals surface area contributed by atoms with Crippen LogP contribution in [0, 0.1) is 0 Å². The van der Waals surface area contributed by atoms with E-state index in [1.54, 1.807) is 0 Å². The third-order valence-electron chi connectivity index (χ3n) is 7.27. The number of benzene rings is 2. The van der Waals surface area contributed by atoms with E-state index in [0.717, 1.165) is 78.5 Å². The van der Waals surface area contributed by atoms with E-state index in [0.29, 0.717) is 12.4 Å². The second kappa shape index (κ2) is 12.0. The minimum Gasteiger partial charge on any atom is -0.489 e. The first-order valence-corrected chi connectivity index (χ1v) is 13.5. The molecule has 5 rings (SSSR count). The van der Waals surface area contributed by atoms with E-state index in [1.807, 2.05) is 36.4 Å². The lowest BCUT2D eigenvalue weighted by atomic mass is 9.91. The number of urea groups is 1. The summed E-state index contributed by atoms with van der Waals surface area (Å²) in [6, 6.07) is 18.6. The molecule has 1 aliphatic rings. The molecule has 1 aliphatic carbocycles. The summed E-state index contributed by atoms with van der Waals surface area (Å²) in [5.74, 6) is 1.27. The van der Waals surface area contributed by atoms with Gasteiger partial charge >= 0.3 is 6.03 Å². The number of anilines is 1. The molecule has 0 unspecified atom stereocenters. The SMILES string of the molecule is CCCCNC(=O)N[C@H]1CC[C@@H](n2cc(-c3cccc(OCc4ccccc4)c3)c3c(N)ncnc32)CC1. The maximum atomic E-state index is 12.2. The summed E-state index contributed by atoms with van der Waals surface area (Å²) in [6.45, 7) is 3.34. The zero-order chi connectivity index (χ0) is 26.3. The van der Waals surface area contributed by atoms with Crippen LogP contribution in [0.5, 0.6) is 5.75 Å². The molecular weight excluding hydrogens is 476 g/mol. The van der Waals surface area contributed by atoms with Gasteiger partial charge in [0.05, 0.1) is 5.39 Å². The molecule has 8 nitrogen and oxygen atoms in total. The van der Waals surface area contributed by atoms with Crippen molar-refractivity contribution in [2.24, 2.45) is 0 Å². The molecule has 2 amide bonds. The van der Waals surface area contributed by atoms with Crippen LogP contribution in [0.1, 0.15) is 57.1 Å². The van der Waals surface area contributed by atoms with Gasteiger partial charge in [-0.2, -0.15) is 0 Å². The lowest BCUT2D eigenvalue weighted by molar-refractivity contribution is 0.227. The summed E-state index contributed by atoms with van der Waals surface area (Å²) in [5.41, 5.74) is 10.4. The Labute approximate surface area is 223 Å². The minimum absolute atomic E-state index is 0.0644. The van der Waals surface area contributed by atoms with E-state index >= 15 is 0 Å². The molecule has 4 N–H and O–H groups in total. The Hall–Kier alpha value is -4.07. The monoisotopic (exact) mass is 512 g/mol. The number of fused-ring (bicyclic) bond motifs is 1. The highest BCUT2D eigenvalue weighted by molar-refractivity contribution is 6.00. The first-order chi connectivity index (χ1) is 18.6. The number of ether oxygens (including phenoxy) is 1. The average Bonchev–Trinajstić information content (AvgIpc) is 3.34. The highest BCUT2D eigenvalue weighted by Crippen LogP contribution is 2.38. The van der Waals surface area contributed by atoms with Crippen molar-refractivity contribution in [3.8, 4) is 16.9 Å². The fourth-order valence-corrected chi connectivity index (χ4v) is 5.21. The van der Waals surface area contributed by atoms with Crippen molar-refractivity contribution < 1.29 is 9.53 Å². The number of aromatic nitrogens is 3. The molecule has 0 radical (unpaired) electrons. The molecular formula is C30H36N6O2. The van der Waals surface area contributed by atoms with Gasteiger partial charge in [0.25, 0.3) is 0 Å². The van der Waals surface area contributed by atoms with E-state index in [4.69, 9.17) is 10.5 Å². The number of nitrogens with one attached hydrogen (secondary N) is 2. The molecule has 0 bridgehead atoms. The van der Waals surface area contributed by atoms with Crippen molar-refractivity contribution in [2.75, 3.05) is 12.3 Å². The molecule has 2 aromatic heterocycles. The molecule has 0 atom stereocenters. The van der Waals surface area contributed by atoms with Crippen LogP contribution >= 0.6 is 0 Å². The fraction of sp³-hybridized carbons (Fsp3) is 0.367. The fourth-order valence-electron chi connectivity index (χ4n) is 5.21. The van der Waals surface area contributed by atoms with Crippen LogP contribution in [0.25, 0.3) is 22.2 Å². The van der Waals surface area contributed by atoms with Crippen molar-refractivity contribution in [1.29, 1.82) is 0 Å². The van der Waals surface area contributed by atoms with Crippen LogP contribution in [-0.2, 0) is 6.61 Å². The van der Waals surface area contributed by atoms with Crippen LogP contribution < -0.4 is 21.1 Å². The molecule has 198 valence electrons. The van der Waals surface area contributed by atoms with Gasteiger partial charge in [0.15, 0.2) is 0 Å². The molecule has 0 spiro atoms. The number of hydrogen-bond acceptors (Lipinski definition) is 5. The van der Waals surface area contributed by atoms with E-state index in [2.05, 4.69) is 56.5 Å². The van der Waals surface area contributed by atoms with Crippen molar-refractivity contribution in [1.82, 2.24) is 25.2 Å². The van der Waals surface area contributed by atoms with Gasteiger partial charge in [-0.1, -0.05) is 55.8 Å². The average molecular weight is 513 g/mol. The maximum absolute atomic E-state index is 12.2. The zero-order valence-electron chi connectivity index (χ0n) is 21.9. The smallest absolute Gasteiger partial charge is 0.315 e. The van der Waals surface area contributed by atoms with Gasteiger partial charge in [-0.25, -0.2) is 14.8 Å². The molecule has 1 fully saturated rings. The van der Waals surface area contributed by atoms with Crippen LogP contribution in [0.3, 0.4) is 0 Å². The Morgan fingerprint density at radius 2 is 1.89 bits per heavy atom. The summed E-state index contributed by atoms with van der Waals surface area (Å²) >= 11 is 0. The Kier molecular flexibility index (Phi) is 8.06. The summed E-state index contributed by atoms with van der Waals surface area (Å²) in [6.07, 6.45) is 9.50. The van der Waals surface area contributed by atoms with Crippen molar-refractivity contribution in [2.45, 2.75) is 64.1 Å². The second-order valence-electron chi connectivity index (χ2n) is 9.97. The van der Waals surface area contributed by atoms with Gasteiger partial charge in [-0.05, 0) is 55.4 Å². The van der Waals surface area contributed by atoms with Gasteiger partial charge in [0, 0.05) is 30.4 Å². The number of unbranched alkanes of at least 4 members (excludes halogenated alkanes) is 1. The standard InChI is InChI=1S/C30H36N6O2/c1-2-3-16-32-30(37)35-23-12-14-24(15-13-23)36-18-26(27-28(31)33-20-34-29(27)36)22-10-7-11-25(17-22)38-19-21-8-5-4-6-9-21/h4-11,17-18,20,23-24H,2-3,12-16,19H2,1H3,(H2,31,33,34)(H2,32,35,37)/t23-,24+. The Bertz CT molecular complexity index is 1360. The molecule has 8 heteroatoms.